The molecule has 4 nitrogen and oxygen atoms in total. The van der Waals surface area contributed by atoms with Gasteiger partial charge in [0.25, 0.3) is 0 Å². The standard InChI is InChI=1S/C24H19BrN2O2/c25-19-11-8-18(9-12-19)22(27-21(28)15-16-5-2-1-3-6-16)20-13-10-17-7-4-14-26-23(17)24(20)29/h1-14,22,29H,15H2,(H,27,28). The molecule has 1 unspecified atom stereocenters. The molecule has 1 aromatic heterocycles. The normalized spacial score (nSPS) is 11.9. The van der Waals surface area contributed by atoms with Gasteiger partial charge in [-0.05, 0) is 29.3 Å². The number of aromatic nitrogens is 1. The molecule has 0 aliphatic heterocycles. The summed E-state index contributed by atoms with van der Waals surface area (Å²) in [6.45, 7) is 0. The van der Waals surface area contributed by atoms with Crippen LogP contribution in [0.15, 0.2) is 89.5 Å². The van der Waals surface area contributed by atoms with Crippen molar-refractivity contribution in [3.63, 3.8) is 0 Å². The lowest BCUT2D eigenvalue weighted by Gasteiger charge is -2.21. The number of carbonyl (C=O) groups is 1. The molecule has 0 saturated heterocycles. The summed E-state index contributed by atoms with van der Waals surface area (Å²) in [7, 11) is 0. The fourth-order valence-electron chi connectivity index (χ4n) is 3.37. The Bertz CT molecular complexity index is 1140. The molecule has 3 aromatic carbocycles. The zero-order valence-electron chi connectivity index (χ0n) is 15.5. The van der Waals surface area contributed by atoms with Crippen LogP contribution >= 0.6 is 15.9 Å². The largest absolute Gasteiger partial charge is 0.505 e. The van der Waals surface area contributed by atoms with E-state index in [2.05, 4.69) is 26.2 Å². The number of pyridine rings is 1. The lowest BCUT2D eigenvalue weighted by atomic mass is 9.96. The monoisotopic (exact) mass is 446 g/mol. The van der Waals surface area contributed by atoms with Crippen LogP contribution in [0, 0.1) is 0 Å². The first-order chi connectivity index (χ1) is 14.1. The van der Waals surface area contributed by atoms with Gasteiger partial charge < -0.3 is 10.4 Å². The summed E-state index contributed by atoms with van der Waals surface area (Å²) >= 11 is 3.45. The molecule has 2 N–H and O–H groups in total. The summed E-state index contributed by atoms with van der Waals surface area (Å²) in [6.07, 6.45) is 1.91. The molecule has 0 aliphatic carbocycles. The van der Waals surface area contributed by atoms with Crippen LogP contribution in [0.25, 0.3) is 10.9 Å². The first-order valence-electron chi connectivity index (χ1n) is 9.27. The molecular weight excluding hydrogens is 428 g/mol. The van der Waals surface area contributed by atoms with Crippen LogP contribution < -0.4 is 5.32 Å². The molecule has 0 fully saturated rings. The average molecular weight is 447 g/mol. The molecule has 1 amide bonds. The van der Waals surface area contributed by atoms with Crippen molar-refractivity contribution in [3.05, 3.63) is 106 Å². The summed E-state index contributed by atoms with van der Waals surface area (Å²) in [4.78, 5) is 17.1. The van der Waals surface area contributed by atoms with E-state index in [9.17, 15) is 9.90 Å². The van der Waals surface area contributed by atoms with E-state index in [4.69, 9.17) is 0 Å². The maximum absolute atomic E-state index is 12.8. The van der Waals surface area contributed by atoms with Gasteiger partial charge in [0.05, 0.1) is 12.5 Å². The van der Waals surface area contributed by atoms with E-state index in [0.717, 1.165) is 21.0 Å². The van der Waals surface area contributed by atoms with Crippen molar-refractivity contribution in [1.29, 1.82) is 0 Å². The van der Waals surface area contributed by atoms with Gasteiger partial charge in [0.15, 0.2) is 0 Å². The van der Waals surface area contributed by atoms with Crippen molar-refractivity contribution in [2.45, 2.75) is 12.5 Å². The lowest BCUT2D eigenvalue weighted by Crippen LogP contribution is -2.30. The second kappa shape index (κ2) is 8.45. The van der Waals surface area contributed by atoms with E-state index >= 15 is 0 Å². The summed E-state index contributed by atoms with van der Waals surface area (Å²) in [5, 5.41) is 14.8. The maximum atomic E-state index is 12.8. The number of aromatic hydroxyl groups is 1. The Hall–Kier alpha value is -3.18. The number of carbonyl (C=O) groups excluding carboxylic acids is 1. The Labute approximate surface area is 177 Å². The molecule has 0 spiro atoms. The zero-order chi connectivity index (χ0) is 20.2. The van der Waals surface area contributed by atoms with E-state index < -0.39 is 6.04 Å². The highest BCUT2D eigenvalue weighted by Crippen LogP contribution is 2.34. The highest BCUT2D eigenvalue weighted by Gasteiger charge is 2.22. The fraction of sp³-hybridized carbons (Fsp3) is 0.0833. The molecule has 1 heterocycles. The number of hydrogen-bond acceptors (Lipinski definition) is 3. The van der Waals surface area contributed by atoms with E-state index in [1.54, 1.807) is 6.20 Å². The molecule has 0 saturated carbocycles. The number of nitrogens with zero attached hydrogens (tertiary/aromatic N) is 1. The first kappa shape index (κ1) is 19.2. The van der Waals surface area contributed by atoms with E-state index in [-0.39, 0.29) is 18.1 Å². The summed E-state index contributed by atoms with van der Waals surface area (Å²) in [5.41, 5.74) is 2.94. The van der Waals surface area contributed by atoms with Crippen LogP contribution in [0.4, 0.5) is 0 Å². The van der Waals surface area contributed by atoms with E-state index in [1.165, 1.54) is 0 Å². The Balaban J connectivity index is 1.72. The third-order valence-electron chi connectivity index (χ3n) is 4.81. The topological polar surface area (TPSA) is 62.2 Å². The number of rotatable bonds is 5. The van der Waals surface area contributed by atoms with Gasteiger partial charge in [0.2, 0.25) is 5.91 Å². The number of fused-ring (bicyclic) bond motifs is 1. The molecule has 1 atom stereocenters. The zero-order valence-corrected chi connectivity index (χ0v) is 17.1. The number of hydrogen-bond donors (Lipinski definition) is 2. The fourth-order valence-corrected chi connectivity index (χ4v) is 3.63. The van der Waals surface area contributed by atoms with Gasteiger partial charge >= 0.3 is 0 Å². The van der Waals surface area contributed by atoms with Gasteiger partial charge in [-0.1, -0.05) is 76.6 Å². The molecule has 144 valence electrons. The molecule has 0 bridgehead atoms. The van der Waals surface area contributed by atoms with Crippen LogP contribution in [0.5, 0.6) is 5.75 Å². The number of phenols is 1. The Morgan fingerprint density at radius 3 is 2.48 bits per heavy atom. The van der Waals surface area contributed by atoms with E-state index in [0.29, 0.717) is 11.1 Å². The first-order valence-corrected chi connectivity index (χ1v) is 10.1. The third-order valence-corrected chi connectivity index (χ3v) is 5.33. The smallest absolute Gasteiger partial charge is 0.225 e. The number of phenolic OH excluding ortho intramolecular Hbond substituents is 1. The van der Waals surface area contributed by atoms with Gasteiger partial charge in [0, 0.05) is 21.6 Å². The molecule has 5 heteroatoms. The Kier molecular flexibility index (Phi) is 5.58. The summed E-state index contributed by atoms with van der Waals surface area (Å²) in [5.74, 6) is -0.0410. The molecule has 4 rings (SSSR count). The number of benzene rings is 3. The Morgan fingerprint density at radius 1 is 0.966 bits per heavy atom. The summed E-state index contributed by atoms with van der Waals surface area (Å²) in [6, 6.07) is 24.3. The van der Waals surface area contributed by atoms with Crippen molar-refractivity contribution >= 4 is 32.7 Å². The highest BCUT2D eigenvalue weighted by molar-refractivity contribution is 9.10. The van der Waals surface area contributed by atoms with Crippen LogP contribution in [-0.4, -0.2) is 16.0 Å². The van der Waals surface area contributed by atoms with Gasteiger partial charge in [0.1, 0.15) is 11.3 Å². The predicted octanol–water partition coefficient (Wildman–Crippen LogP) is 5.15. The minimum absolute atomic E-state index is 0.0797. The van der Waals surface area contributed by atoms with Gasteiger partial charge in [-0.15, -0.1) is 0 Å². The minimum atomic E-state index is -0.495. The quantitative estimate of drug-likeness (QED) is 0.445. The molecular formula is C24H19BrN2O2. The highest BCUT2D eigenvalue weighted by atomic mass is 79.9. The van der Waals surface area contributed by atoms with Crippen molar-refractivity contribution in [1.82, 2.24) is 10.3 Å². The Morgan fingerprint density at radius 2 is 1.72 bits per heavy atom. The average Bonchev–Trinajstić information content (AvgIpc) is 2.74. The second-order valence-corrected chi connectivity index (χ2v) is 7.71. The number of halogens is 1. The maximum Gasteiger partial charge on any atom is 0.225 e. The predicted molar refractivity (Wildman–Crippen MR) is 118 cm³/mol. The third kappa shape index (κ3) is 4.30. The van der Waals surface area contributed by atoms with Crippen LogP contribution in [-0.2, 0) is 11.2 Å². The minimum Gasteiger partial charge on any atom is -0.505 e. The van der Waals surface area contributed by atoms with Crippen molar-refractivity contribution < 1.29 is 9.90 Å². The van der Waals surface area contributed by atoms with Gasteiger partial charge in [-0.2, -0.15) is 0 Å². The van der Waals surface area contributed by atoms with Crippen molar-refractivity contribution in [2.24, 2.45) is 0 Å². The lowest BCUT2D eigenvalue weighted by molar-refractivity contribution is -0.120. The molecule has 0 aliphatic rings. The van der Waals surface area contributed by atoms with Crippen molar-refractivity contribution in [3.8, 4) is 5.75 Å². The van der Waals surface area contributed by atoms with Crippen LogP contribution in [0.2, 0.25) is 0 Å². The van der Waals surface area contributed by atoms with Crippen LogP contribution in [0.1, 0.15) is 22.7 Å². The van der Waals surface area contributed by atoms with Crippen LogP contribution in [0.3, 0.4) is 0 Å². The molecule has 4 aromatic rings. The second-order valence-electron chi connectivity index (χ2n) is 6.79. The van der Waals surface area contributed by atoms with Gasteiger partial charge in [-0.25, -0.2) is 0 Å². The number of amides is 1. The molecule has 29 heavy (non-hydrogen) atoms. The number of nitrogens with one attached hydrogen (secondary N) is 1. The van der Waals surface area contributed by atoms with E-state index in [1.807, 2.05) is 78.9 Å². The molecule has 0 radical (unpaired) electrons. The van der Waals surface area contributed by atoms with Crippen molar-refractivity contribution in [2.75, 3.05) is 0 Å². The van der Waals surface area contributed by atoms with Gasteiger partial charge in [-0.3, -0.25) is 9.78 Å². The summed E-state index contributed by atoms with van der Waals surface area (Å²) < 4.78 is 0.944. The SMILES string of the molecule is O=C(Cc1ccccc1)NC(c1ccc(Br)cc1)c1ccc2cccnc2c1O.